The van der Waals surface area contributed by atoms with Crippen LogP contribution in [-0.4, -0.2) is 5.54 Å². The summed E-state index contributed by atoms with van der Waals surface area (Å²) in [4.78, 5) is 0. The number of hydrogen-bond donors (Lipinski definition) is 1. The maximum atomic E-state index is 6.42. The van der Waals surface area contributed by atoms with E-state index in [9.17, 15) is 0 Å². The van der Waals surface area contributed by atoms with Crippen molar-refractivity contribution >= 4 is 0 Å². The molecule has 4 aromatic rings. The molecule has 3 unspecified atom stereocenters. The van der Waals surface area contributed by atoms with Crippen molar-refractivity contribution in [1.82, 2.24) is 0 Å². The van der Waals surface area contributed by atoms with Crippen molar-refractivity contribution in [3.63, 3.8) is 0 Å². The lowest BCUT2D eigenvalue weighted by atomic mass is 9.59. The Hall–Kier alpha value is -4.46. The molecule has 0 saturated heterocycles. The van der Waals surface area contributed by atoms with Crippen LogP contribution in [0.15, 0.2) is 171 Å². The van der Waals surface area contributed by atoms with E-state index in [4.69, 9.17) is 5.73 Å². The Morgan fingerprint density at radius 3 is 1.06 bits per heavy atom. The molecule has 0 heterocycles. The highest BCUT2D eigenvalue weighted by molar-refractivity contribution is 5.42. The molecule has 3 atom stereocenters. The van der Waals surface area contributed by atoms with E-state index in [2.05, 4.69) is 279 Å². The molecule has 0 bridgehead atoms. The average Bonchev–Trinajstić information content (AvgIpc) is 3.36. The second-order valence-electron chi connectivity index (χ2n) is 22.2. The third-order valence-electron chi connectivity index (χ3n) is 14.4. The summed E-state index contributed by atoms with van der Waals surface area (Å²) in [7, 11) is 0. The zero-order valence-corrected chi connectivity index (χ0v) is 51.9. The summed E-state index contributed by atoms with van der Waals surface area (Å²) >= 11 is 0. The molecule has 0 aromatic heterocycles. The van der Waals surface area contributed by atoms with Crippen LogP contribution >= 0.6 is 0 Å². The lowest BCUT2D eigenvalue weighted by molar-refractivity contribution is 0.0794. The van der Waals surface area contributed by atoms with Gasteiger partial charge in [-0.25, -0.2) is 0 Å². The minimum atomic E-state index is -0.226. The van der Waals surface area contributed by atoms with Crippen molar-refractivity contribution in [2.75, 3.05) is 0 Å². The third-order valence-corrected chi connectivity index (χ3v) is 14.4. The Morgan fingerprint density at radius 1 is 0.597 bits per heavy atom. The van der Waals surface area contributed by atoms with Gasteiger partial charge in [0.25, 0.3) is 0 Å². The Morgan fingerprint density at radius 2 is 0.875 bits per heavy atom. The van der Waals surface area contributed by atoms with Gasteiger partial charge in [-0.15, -0.1) is 19.7 Å². The fourth-order valence-electron chi connectivity index (χ4n) is 6.87. The molecule has 0 amide bonds. The van der Waals surface area contributed by atoms with Gasteiger partial charge in [-0.1, -0.05) is 303 Å². The Bertz CT molecular complexity index is 1880. The van der Waals surface area contributed by atoms with Crippen LogP contribution in [-0.2, 0) is 17.3 Å². The summed E-state index contributed by atoms with van der Waals surface area (Å²) in [5.74, 6) is 1.47. The van der Waals surface area contributed by atoms with E-state index in [1.807, 2.05) is 40.7 Å². The van der Waals surface area contributed by atoms with Gasteiger partial charge < -0.3 is 5.73 Å². The zero-order chi connectivity index (χ0) is 57.0. The highest BCUT2D eigenvalue weighted by Crippen LogP contribution is 2.45. The van der Waals surface area contributed by atoms with Crippen LogP contribution in [0.5, 0.6) is 0 Å². The molecule has 1 aliphatic carbocycles. The van der Waals surface area contributed by atoms with Crippen molar-refractivity contribution in [1.29, 1.82) is 0 Å². The zero-order valence-electron chi connectivity index (χ0n) is 51.9. The molecule has 0 spiro atoms. The minimum absolute atomic E-state index is 0.00442. The van der Waals surface area contributed by atoms with E-state index in [1.165, 1.54) is 58.2 Å². The average molecular weight is 985 g/mol. The predicted molar refractivity (Wildman–Crippen MR) is 335 cm³/mol. The number of benzene rings is 4. The monoisotopic (exact) mass is 984 g/mol. The molecule has 0 fully saturated rings. The van der Waals surface area contributed by atoms with Gasteiger partial charge in [-0.05, 0) is 103 Å². The molecule has 1 nitrogen and oxygen atoms in total. The molecule has 0 saturated carbocycles. The molecule has 2 N–H and O–H groups in total. The summed E-state index contributed by atoms with van der Waals surface area (Å²) in [6, 6.07) is 39.8. The molecule has 72 heavy (non-hydrogen) atoms. The number of hydrogen-bond acceptors (Lipinski definition) is 1. The second-order valence-corrected chi connectivity index (χ2v) is 22.2. The van der Waals surface area contributed by atoms with E-state index >= 15 is 0 Å². The van der Waals surface area contributed by atoms with Crippen LogP contribution in [0.1, 0.15) is 225 Å². The molecule has 0 aliphatic heterocycles. The Balaban J connectivity index is -0.000000464. The smallest absolute Gasteiger partial charge is 0.0263 e. The quantitative estimate of drug-likeness (QED) is 0.141. The van der Waals surface area contributed by atoms with Gasteiger partial charge >= 0.3 is 0 Å². The summed E-state index contributed by atoms with van der Waals surface area (Å²) in [5.41, 5.74) is 16.2. The van der Waals surface area contributed by atoms with E-state index < -0.39 is 0 Å². The largest absolute Gasteiger partial charge is 0.324 e. The van der Waals surface area contributed by atoms with Gasteiger partial charge in [0, 0.05) is 21.8 Å². The molecular formula is C71H117N. The van der Waals surface area contributed by atoms with Gasteiger partial charge in [0.05, 0.1) is 0 Å². The normalized spacial score (nSPS) is 15.1. The maximum Gasteiger partial charge on any atom is 0.0263 e. The highest BCUT2D eigenvalue weighted by atomic mass is 14.8. The van der Waals surface area contributed by atoms with E-state index in [0.717, 1.165) is 18.8 Å². The first kappa shape index (κ1) is 74.1. The fraction of sp³-hybridized carbons (Fsp3) is 0.521. The molecule has 4 aromatic carbocycles. The molecule has 406 valence electrons. The predicted octanol–water partition coefficient (Wildman–Crippen LogP) is 22.4. The number of nitrogens with two attached hydrogens (primary N) is 1. The molecule has 0 radical (unpaired) electrons. The van der Waals surface area contributed by atoms with Crippen LogP contribution in [0.25, 0.3) is 0 Å². The molecule has 1 heteroatoms. The van der Waals surface area contributed by atoms with Crippen LogP contribution < -0.4 is 5.73 Å². The summed E-state index contributed by atoms with van der Waals surface area (Å²) in [6.07, 6.45) is 15.9. The Labute approximate surface area is 451 Å². The van der Waals surface area contributed by atoms with Crippen molar-refractivity contribution in [3.8, 4) is 0 Å². The van der Waals surface area contributed by atoms with Crippen molar-refractivity contribution in [2.24, 2.45) is 33.8 Å². The van der Waals surface area contributed by atoms with E-state index in [-0.39, 0.29) is 27.2 Å². The number of allylic oxidation sites excluding steroid dienone is 5. The Kier molecular flexibility index (Phi) is 39.3. The van der Waals surface area contributed by atoms with Gasteiger partial charge in [0.2, 0.25) is 0 Å². The SMILES string of the molecule is C=C(C)C(C)C.C=CC.C=CC.C=CC(C)(C)C(C)(N)C(C)(C)CC.CC.CC(C)(c1ccccc1)c1ccc(Cc2ccc(C(C)(C)c3ccccc3)cc2)cc1.CCC.CCC.CCC1(C)C=CC1C. The maximum absolute atomic E-state index is 6.42. The molecular weight excluding hydrogens is 867 g/mol. The third kappa shape index (κ3) is 26.0. The van der Waals surface area contributed by atoms with E-state index in [1.54, 1.807) is 12.2 Å². The fourth-order valence-corrected chi connectivity index (χ4v) is 6.87. The van der Waals surface area contributed by atoms with Gasteiger partial charge in [-0.3, -0.25) is 0 Å². The second kappa shape index (κ2) is 38.2. The standard InChI is InChI=1S/C31H32.C12H25N.C8H14.C6H12.2C3H8.2C3H6.C2H6/c1-30(2,26-11-7-5-8-12-26)28-19-15-24(16-20-28)23-25-17-21-29(22-18-25)31(3,4)27-13-9-6-10-14-27;1-8-10(3,4)12(7,13)11(5,6)9-2;1-4-8(3)6-5-7(8)2;1-5(2)6(3)4;4*1-3-2;1-2/h5-22H,23H2,1-4H3;8H,1,9,13H2,2-7H3;5-7H,4H2,1-3H3;6H,1H2,2-4H3;2*3H2,1-2H3;2*3H,1H2,2H3;1-2H3. The van der Waals surface area contributed by atoms with Crippen molar-refractivity contribution in [3.05, 3.63) is 205 Å². The minimum Gasteiger partial charge on any atom is -0.324 e. The first-order valence-electron chi connectivity index (χ1n) is 27.7. The number of rotatable bonds is 12. The lowest BCUT2D eigenvalue weighted by Crippen LogP contribution is -2.59. The van der Waals surface area contributed by atoms with Crippen LogP contribution in [0.3, 0.4) is 0 Å². The summed E-state index contributed by atoms with van der Waals surface area (Å²) in [5, 5.41) is 0. The van der Waals surface area contributed by atoms with Crippen LogP contribution in [0.4, 0.5) is 0 Å². The molecule has 1 aliphatic rings. The highest BCUT2D eigenvalue weighted by Gasteiger charge is 2.46. The van der Waals surface area contributed by atoms with Gasteiger partial charge in [-0.2, -0.15) is 0 Å². The van der Waals surface area contributed by atoms with Gasteiger partial charge in [0.1, 0.15) is 0 Å². The van der Waals surface area contributed by atoms with Crippen LogP contribution in [0.2, 0.25) is 0 Å². The van der Waals surface area contributed by atoms with Crippen molar-refractivity contribution in [2.45, 2.75) is 215 Å². The first-order valence-corrected chi connectivity index (χ1v) is 27.7. The summed E-state index contributed by atoms with van der Waals surface area (Å²) < 4.78 is 0. The van der Waals surface area contributed by atoms with Crippen molar-refractivity contribution < 1.29 is 0 Å². The lowest BCUT2D eigenvalue weighted by Gasteiger charge is -2.50. The van der Waals surface area contributed by atoms with Crippen LogP contribution in [0, 0.1) is 28.1 Å². The van der Waals surface area contributed by atoms with E-state index in [0.29, 0.717) is 11.3 Å². The summed E-state index contributed by atoms with van der Waals surface area (Å²) in [6.45, 7) is 66.0. The molecule has 5 rings (SSSR count). The first-order chi connectivity index (χ1) is 33.5. The topological polar surface area (TPSA) is 26.0 Å². The van der Waals surface area contributed by atoms with Gasteiger partial charge in [0.15, 0.2) is 0 Å².